The van der Waals surface area contributed by atoms with Crippen molar-refractivity contribution in [3.05, 3.63) is 144 Å². The number of H-pyrrole nitrogens is 1. The number of ether oxygens (including phenoxy) is 5. The summed E-state index contributed by atoms with van der Waals surface area (Å²) < 4.78 is 83.4. The highest BCUT2D eigenvalue weighted by Crippen LogP contribution is 2.44. The van der Waals surface area contributed by atoms with Crippen LogP contribution in [0.5, 0.6) is 23.0 Å². The van der Waals surface area contributed by atoms with Crippen LogP contribution < -0.4 is 18.9 Å². The van der Waals surface area contributed by atoms with Crippen molar-refractivity contribution in [1.82, 2.24) is 28.6 Å². The number of benzene rings is 4. The molecule has 4 aromatic carbocycles. The van der Waals surface area contributed by atoms with Crippen molar-refractivity contribution in [1.29, 1.82) is 0 Å². The summed E-state index contributed by atoms with van der Waals surface area (Å²) in [5.74, 6) is 2.39. The molecule has 1 fully saturated rings. The van der Waals surface area contributed by atoms with E-state index in [1.165, 1.54) is 45.2 Å². The molecule has 0 bridgehead atoms. The molecular weight excluding hydrogens is 825 g/mol. The van der Waals surface area contributed by atoms with Gasteiger partial charge in [-0.3, -0.25) is 9.78 Å². The summed E-state index contributed by atoms with van der Waals surface area (Å²) in [5, 5.41) is 10.5. The lowest BCUT2D eigenvalue weighted by Crippen LogP contribution is -2.31. The van der Waals surface area contributed by atoms with Gasteiger partial charge in [0.25, 0.3) is 0 Å². The van der Waals surface area contributed by atoms with Crippen molar-refractivity contribution in [3.8, 4) is 23.0 Å². The summed E-state index contributed by atoms with van der Waals surface area (Å²) >= 11 is 0. The summed E-state index contributed by atoms with van der Waals surface area (Å²) in [6, 6.07) is 29.1. The Bertz CT molecular complexity index is 2460. The third-order valence-corrected chi connectivity index (χ3v) is 13.6. The van der Waals surface area contributed by atoms with Crippen molar-refractivity contribution < 1.29 is 45.3 Å². The molecule has 6 aromatic rings. The molecule has 0 saturated heterocycles. The Kier molecular flexibility index (Phi) is 14.1. The number of sulfonamides is 2. The summed E-state index contributed by atoms with van der Waals surface area (Å²) in [7, 11) is 0.00665. The average molecular weight is 873 g/mol. The van der Waals surface area contributed by atoms with Crippen LogP contribution in [0.25, 0.3) is 0 Å². The lowest BCUT2D eigenvalue weighted by atomic mass is 10.2. The Labute approximate surface area is 355 Å². The Morgan fingerprint density at radius 1 is 0.590 bits per heavy atom. The number of hydrogen-bond donors (Lipinski definition) is 1. The summed E-state index contributed by atoms with van der Waals surface area (Å²) in [6.07, 6.45) is 6.50. The van der Waals surface area contributed by atoms with Crippen LogP contribution >= 0.6 is 0 Å². The molecule has 2 heterocycles. The third-order valence-electron chi connectivity index (χ3n) is 10.1. The van der Waals surface area contributed by atoms with Gasteiger partial charge in [-0.2, -0.15) is 18.8 Å². The Morgan fingerprint density at radius 2 is 0.951 bits per heavy atom. The first-order chi connectivity index (χ1) is 29.3. The highest BCUT2D eigenvalue weighted by molar-refractivity contribution is 7.89. The van der Waals surface area contributed by atoms with Crippen molar-refractivity contribution in [3.63, 3.8) is 0 Å². The van der Waals surface area contributed by atoms with E-state index in [9.17, 15) is 21.6 Å². The van der Waals surface area contributed by atoms with E-state index in [2.05, 4.69) is 15.3 Å². The van der Waals surface area contributed by atoms with Gasteiger partial charge in [0.2, 0.25) is 20.0 Å². The molecular formula is C43H48N6O10S2. The quantitative estimate of drug-likeness (QED) is 0.103. The van der Waals surface area contributed by atoms with Crippen LogP contribution in [0.2, 0.25) is 0 Å². The first-order valence-corrected chi connectivity index (χ1v) is 21.9. The predicted octanol–water partition coefficient (Wildman–Crippen LogP) is 5.77. The van der Waals surface area contributed by atoms with Gasteiger partial charge in [0.05, 0.1) is 47.9 Å². The molecule has 0 amide bonds. The van der Waals surface area contributed by atoms with Crippen molar-refractivity contribution >= 4 is 26.0 Å². The van der Waals surface area contributed by atoms with Crippen LogP contribution in [0.1, 0.15) is 35.1 Å². The zero-order chi connectivity index (χ0) is 43.6. The van der Waals surface area contributed by atoms with Gasteiger partial charge < -0.3 is 23.7 Å². The minimum absolute atomic E-state index is 0.0182. The Hall–Kier alpha value is -6.21. The van der Waals surface area contributed by atoms with Gasteiger partial charge in [0, 0.05) is 38.6 Å². The van der Waals surface area contributed by atoms with Gasteiger partial charge in [-0.1, -0.05) is 48.5 Å². The number of carbonyl (C=O) groups excluding carboxylic acids is 1. The van der Waals surface area contributed by atoms with E-state index in [-0.39, 0.29) is 36.0 Å². The third kappa shape index (κ3) is 10.6. The van der Waals surface area contributed by atoms with Gasteiger partial charge in [-0.15, -0.1) is 0 Å². The number of methoxy groups -OCH3 is 5. The highest BCUT2D eigenvalue weighted by Gasteiger charge is 2.54. The molecule has 1 aliphatic rings. The molecule has 1 saturated carbocycles. The van der Waals surface area contributed by atoms with Gasteiger partial charge >= 0.3 is 5.97 Å². The topological polar surface area (TPSA) is 184 Å². The standard InChI is InChI=1S/C24H27N3O6S.C19H21N3O4S/c1-31-20-8-4-18(5-9-20)15-26(16-19-6-10-21(32-2)11-7-19)34(29,30)22-14-25-27(17-22)24(12-13-24)23(28)33-3;1-25-17-7-3-15(4-8-17)13-22(27(23,24)19-11-20-21-12-19)14-16-5-9-18(26-2)10-6-16/h4-11,14,17H,12-13,15-16H2,1-3H3;3-12H,13-14H2,1-2H3,(H,20,21). The van der Waals surface area contributed by atoms with E-state index in [1.54, 1.807) is 52.7 Å². The zero-order valence-electron chi connectivity index (χ0n) is 34.4. The second-order valence-corrected chi connectivity index (χ2v) is 17.9. The second-order valence-electron chi connectivity index (χ2n) is 14.0. The van der Waals surface area contributed by atoms with E-state index in [1.807, 2.05) is 72.8 Å². The molecule has 322 valence electrons. The number of esters is 1. The number of aromatic amines is 1. The first-order valence-electron chi connectivity index (χ1n) is 19.0. The lowest BCUT2D eigenvalue weighted by Gasteiger charge is -2.22. The average Bonchev–Trinajstić information content (AvgIpc) is 3.62. The maximum Gasteiger partial charge on any atom is 0.333 e. The fraction of sp³-hybridized carbons (Fsp3) is 0.279. The molecule has 1 N–H and O–H groups in total. The monoisotopic (exact) mass is 872 g/mol. The number of carbonyl (C=O) groups is 1. The van der Waals surface area contributed by atoms with Crippen molar-refractivity contribution in [2.75, 3.05) is 35.5 Å². The normalized spacial score (nSPS) is 13.2. The summed E-state index contributed by atoms with van der Waals surface area (Å²) in [6.45, 7) is 0.741. The summed E-state index contributed by atoms with van der Waals surface area (Å²) in [5.41, 5.74) is 2.41. The number of nitrogens with zero attached hydrogens (tertiary/aromatic N) is 5. The molecule has 0 atom stereocenters. The largest absolute Gasteiger partial charge is 0.497 e. The fourth-order valence-corrected chi connectivity index (χ4v) is 9.05. The maximum atomic E-state index is 13.7. The molecule has 16 nitrogen and oxygen atoms in total. The molecule has 2 aromatic heterocycles. The summed E-state index contributed by atoms with van der Waals surface area (Å²) in [4.78, 5) is 12.4. The van der Waals surface area contributed by atoms with Crippen molar-refractivity contribution in [2.24, 2.45) is 0 Å². The van der Waals surface area contributed by atoms with Crippen LogP contribution in [0.4, 0.5) is 0 Å². The number of nitrogens with one attached hydrogen (secondary N) is 1. The predicted molar refractivity (Wildman–Crippen MR) is 225 cm³/mol. The van der Waals surface area contributed by atoms with Crippen LogP contribution in [-0.4, -0.2) is 86.9 Å². The van der Waals surface area contributed by atoms with E-state index < -0.39 is 31.6 Å². The molecule has 61 heavy (non-hydrogen) atoms. The molecule has 7 rings (SSSR count). The van der Waals surface area contributed by atoms with Crippen LogP contribution in [0.3, 0.4) is 0 Å². The number of rotatable bonds is 18. The number of hydrogen-bond acceptors (Lipinski definition) is 12. The lowest BCUT2D eigenvalue weighted by molar-refractivity contribution is -0.146. The van der Waals surface area contributed by atoms with E-state index >= 15 is 0 Å². The smallest absolute Gasteiger partial charge is 0.333 e. The molecule has 0 radical (unpaired) electrons. The van der Waals surface area contributed by atoms with E-state index in [4.69, 9.17) is 23.7 Å². The SMILES string of the molecule is COC(=O)C1(n2cc(S(=O)(=O)N(Cc3ccc(OC)cc3)Cc3ccc(OC)cc3)cn2)CC1.COc1ccc(CN(Cc2ccc(OC)cc2)S(=O)(=O)c2cn[nH]c2)cc1. The van der Waals surface area contributed by atoms with Gasteiger partial charge in [-0.25, -0.2) is 21.6 Å². The highest BCUT2D eigenvalue weighted by atomic mass is 32.2. The minimum Gasteiger partial charge on any atom is -0.497 e. The number of aromatic nitrogens is 4. The zero-order valence-corrected chi connectivity index (χ0v) is 36.1. The molecule has 0 aliphatic heterocycles. The molecule has 0 spiro atoms. The van der Waals surface area contributed by atoms with E-state index in [0.29, 0.717) is 24.3 Å². The molecule has 18 heteroatoms. The van der Waals surface area contributed by atoms with Gasteiger partial charge in [0.15, 0.2) is 5.54 Å². The second kappa shape index (κ2) is 19.4. The van der Waals surface area contributed by atoms with Crippen LogP contribution in [-0.2, 0) is 61.3 Å². The van der Waals surface area contributed by atoms with Crippen molar-refractivity contribution in [2.45, 2.75) is 54.4 Å². The van der Waals surface area contributed by atoms with E-state index in [0.717, 1.165) is 33.8 Å². The maximum absolute atomic E-state index is 13.7. The van der Waals surface area contributed by atoms with Crippen LogP contribution in [0, 0.1) is 0 Å². The Morgan fingerprint density at radius 3 is 1.25 bits per heavy atom. The van der Waals surface area contributed by atoms with Crippen LogP contribution in [0.15, 0.2) is 132 Å². The van der Waals surface area contributed by atoms with Gasteiger partial charge in [-0.05, 0) is 83.6 Å². The van der Waals surface area contributed by atoms with Gasteiger partial charge in [0.1, 0.15) is 32.8 Å². The minimum atomic E-state index is -3.94. The Balaban J connectivity index is 0.000000210. The molecule has 1 aliphatic carbocycles. The molecule has 0 unspecified atom stereocenters. The fourth-order valence-electron chi connectivity index (χ4n) is 6.38. The first kappa shape index (κ1) is 44.3.